The van der Waals surface area contributed by atoms with Crippen molar-refractivity contribution < 1.29 is 4.79 Å². The number of nitrogens with zero attached hydrogens (tertiary/aromatic N) is 2. The molecule has 0 spiro atoms. The summed E-state index contributed by atoms with van der Waals surface area (Å²) in [6, 6.07) is 11.2. The topological polar surface area (TPSA) is 96.7 Å². The van der Waals surface area contributed by atoms with E-state index in [9.17, 15) is 4.79 Å². The molecule has 2 aromatic heterocycles. The van der Waals surface area contributed by atoms with Crippen molar-refractivity contribution in [3.05, 3.63) is 36.4 Å². The van der Waals surface area contributed by atoms with Gasteiger partial charge in [-0.2, -0.15) is 5.10 Å². The van der Waals surface area contributed by atoms with Crippen molar-refractivity contribution in [3.8, 4) is 11.3 Å². The van der Waals surface area contributed by atoms with Gasteiger partial charge < -0.3 is 11.1 Å². The number of anilines is 2. The summed E-state index contributed by atoms with van der Waals surface area (Å²) in [5, 5.41) is 10.1. The van der Waals surface area contributed by atoms with Gasteiger partial charge in [0.15, 0.2) is 5.65 Å². The fourth-order valence-corrected chi connectivity index (χ4v) is 1.88. The highest BCUT2D eigenvalue weighted by atomic mass is 16.1. The van der Waals surface area contributed by atoms with E-state index in [4.69, 9.17) is 5.73 Å². The second-order valence-corrected chi connectivity index (χ2v) is 4.04. The highest BCUT2D eigenvalue weighted by Gasteiger charge is 2.06. The van der Waals surface area contributed by atoms with Crippen LogP contribution in [0.1, 0.15) is 0 Å². The summed E-state index contributed by atoms with van der Waals surface area (Å²) in [5.41, 5.74) is 8.79. The van der Waals surface area contributed by atoms with E-state index in [0.717, 1.165) is 22.3 Å². The number of nitrogen functional groups attached to an aromatic ring is 1. The molecule has 0 unspecified atom stereocenters. The van der Waals surface area contributed by atoms with Crippen molar-refractivity contribution >= 4 is 28.9 Å². The molecule has 0 atom stereocenters. The third-order valence-corrected chi connectivity index (χ3v) is 2.85. The highest BCUT2D eigenvalue weighted by Crippen LogP contribution is 2.23. The molecule has 4 N–H and O–H groups in total. The van der Waals surface area contributed by atoms with Crippen LogP contribution in [0.25, 0.3) is 22.3 Å². The van der Waals surface area contributed by atoms with Crippen LogP contribution in [0.5, 0.6) is 0 Å². The number of H-pyrrole nitrogens is 1. The van der Waals surface area contributed by atoms with Crippen molar-refractivity contribution in [1.29, 1.82) is 0 Å². The summed E-state index contributed by atoms with van der Waals surface area (Å²) in [6.45, 7) is 0. The molecular weight excluding hydrogens is 242 g/mol. The van der Waals surface area contributed by atoms with E-state index < -0.39 is 0 Å². The summed E-state index contributed by atoms with van der Waals surface area (Å²) in [6.07, 6.45) is 0.645. The van der Waals surface area contributed by atoms with Gasteiger partial charge in [0.1, 0.15) is 5.82 Å². The Hall–Kier alpha value is -2.89. The minimum absolute atomic E-state index is 0.514. The minimum atomic E-state index is 0.514. The van der Waals surface area contributed by atoms with Crippen LogP contribution in [0.15, 0.2) is 36.4 Å². The lowest BCUT2D eigenvalue weighted by atomic mass is 10.1. The number of nitrogens with one attached hydrogen (secondary N) is 2. The predicted octanol–water partition coefficient (Wildman–Crippen LogP) is 1.78. The maximum absolute atomic E-state index is 10.3. The molecule has 0 radical (unpaired) electrons. The van der Waals surface area contributed by atoms with E-state index in [1.807, 2.05) is 36.4 Å². The molecule has 0 fully saturated rings. The van der Waals surface area contributed by atoms with Crippen molar-refractivity contribution in [2.45, 2.75) is 0 Å². The summed E-state index contributed by atoms with van der Waals surface area (Å²) in [4.78, 5) is 14.8. The normalized spacial score (nSPS) is 10.5. The maximum atomic E-state index is 10.3. The van der Waals surface area contributed by atoms with Crippen LogP contribution in [0.4, 0.5) is 11.5 Å². The number of aromatic nitrogens is 3. The van der Waals surface area contributed by atoms with Crippen LogP contribution in [0.2, 0.25) is 0 Å². The molecule has 6 nitrogen and oxygen atoms in total. The smallest absolute Gasteiger partial charge is 0.211 e. The third kappa shape index (κ3) is 1.99. The van der Waals surface area contributed by atoms with Gasteiger partial charge in [-0.05, 0) is 24.3 Å². The van der Waals surface area contributed by atoms with Gasteiger partial charge >= 0.3 is 0 Å². The number of hydrogen-bond acceptors (Lipinski definition) is 4. The predicted molar refractivity (Wildman–Crippen MR) is 73.4 cm³/mol. The Bertz CT molecular complexity index is 732. The van der Waals surface area contributed by atoms with Gasteiger partial charge in [-0.25, -0.2) is 4.98 Å². The van der Waals surface area contributed by atoms with Crippen LogP contribution < -0.4 is 11.1 Å². The Kier molecular flexibility index (Phi) is 2.60. The summed E-state index contributed by atoms with van der Waals surface area (Å²) >= 11 is 0. The Morgan fingerprint density at radius 1 is 1.16 bits per heavy atom. The Labute approximate surface area is 108 Å². The number of rotatable bonds is 3. The Morgan fingerprint density at radius 2 is 1.95 bits per heavy atom. The van der Waals surface area contributed by atoms with Gasteiger partial charge in [0.05, 0.1) is 11.1 Å². The number of fused-ring (bicyclic) bond motifs is 1. The monoisotopic (exact) mass is 253 g/mol. The molecular formula is C13H11N5O. The second-order valence-electron chi connectivity index (χ2n) is 4.04. The molecule has 0 aliphatic rings. The van der Waals surface area contributed by atoms with E-state index in [1.165, 1.54) is 0 Å². The molecule has 0 saturated heterocycles. The number of amides is 1. The van der Waals surface area contributed by atoms with E-state index in [-0.39, 0.29) is 0 Å². The molecule has 19 heavy (non-hydrogen) atoms. The van der Waals surface area contributed by atoms with Gasteiger partial charge in [0, 0.05) is 11.3 Å². The first-order chi connectivity index (χ1) is 9.28. The number of benzene rings is 1. The fourth-order valence-electron chi connectivity index (χ4n) is 1.88. The highest BCUT2D eigenvalue weighted by molar-refractivity contribution is 5.87. The first kappa shape index (κ1) is 11.2. The van der Waals surface area contributed by atoms with Crippen LogP contribution >= 0.6 is 0 Å². The van der Waals surface area contributed by atoms with Gasteiger partial charge in [-0.15, -0.1) is 0 Å². The molecule has 0 saturated carbocycles. The Morgan fingerprint density at radius 3 is 2.68 bits per heavy atom. The van der Waals surface area contributed by atoms with Crippen molar-refractivity contribution in [2.24, 2.45) is 0 Å². The molecule has 0 aliphatic heterocycles. The molecule has 3 aromatic rings. The number of hydrogen-bond donors (Lipinski definition) is 3. The summed E-state index contributed by atoms with van der Waals surface area (Å²) in [5.74, 6) is 0.514. The molecule has 1 aromatic carbocycles. The number of carbonyl (C=O) groups excluding carboxylic acids is 1. The van der Waals surface area contributed by atoms with Gasteiger partial charge in [0.25, 0.3) is 0 Å². The largest absolute Gasteiger partial charge is 0.384 e. The zero-order valence-electron chi connectivity index (χ0n) is 9.92. The zero-order valence-corrected chi connectivity index (χ0v) is 9.92. The van der Waals surface area contributed by atoms with Crippen LogP contribution in [-0.4, -0.2) is 21.6 Å². The molecule has 3 rings (SSSR count). The average molecular weight is 253 g/mol. The van der Waals surface area contributed by atoms with Crippen LogP contribution in [0.3, 0.4) is 0 Å². The maximum Gasteiger partial charge on any atom is 0.211 e. The third-order valence-electron chi connectivity index (χ3n) is 2.85. The molecule has 6 heteroatoms. The van der Waals surface area contributed by atoms with Gasteiger partial charge in [-0.1, -0.05) is 12.1 Å². The van der Waals surface area contributed by atoms with E-state index in [2.05, 4.69) is 20.5 Å². The summed E-state index contributed by atoms with van der Waals surface area (Å²) in [7, 11) is 0. The van der Waals surface area contributed by atoms with E-state index in [1.54, 1.807) is 0 Å². The number of nitrogens with two attached hydrogens (primary N) is 1. The van der Waals surface area contributed by atoms with E-state index in [0.29, 0.717) is 17.9 Å². The Balaban J connectivity index is 2.00. The molecule has 0 bridgehead atoms. The van der Waals surface area contributed by atoms with Gasteiger partial charge in [-0.3, -0.25) is 9.89 Å². The average Bonchev–Trinajstić information content (AvgIpc) is 2.81. The zero-order chi connectivity index (χ0) is 13.2. The van der Waals surface area contributed by atoms with Crippen molar-refractivity contribution in [1.82, 2.24) is 15.2 Å². The SMILES string of the molecule is Nc1[nH]nc2nc(-c3ccc(NC=O)cc3)ccc12. The summed E-state index contributed by atoms with van der Waals surface area (Å²) < 4.78 is 0. The van der Waals surface area contributed by atoms with E-state index >= 15 is 0 Å². The molecule has 0 aliphatic carbocycles. The quantitative estimate of drug-likeness (QED) is 0.620. The number of aromatic amines is 1. The minimum Gasteiger partial charge on any atom is -0.384 e. The van der Waals surface area contributed by atoms with Crippen molar-refractivity contribution in [3.63, 3.8) is 0 Å². The number of pyridine rings is 1. The van der Waals surface area contributed by atoms with Crippen LogP contribution in [-0.2, 0) is 4.79 Å². The lowest BCUT2D eigenvalue weighted by molar-refractivity contribution is -0.105. The molecule has 2 heterocycles. The van der Waals surface area contributed by atoms with Crippen LogP contribution in [0, 0.1) is 0 Å². The lowest BCUT2D eigenvalue weighted by Crippen LogP contribution is -1.93. The standard InChI is InChI=1S/C13H11N5O/c14-12-10-5-6-11(16-13(10)18-17-12)8-1-3-9(4-2-8)15-7-19/h1-7H,(H,15,19)(H3,14,16,17,18). The second kappa shape index (κ2) is 4.41. The molecule has 94 valence electrons. The molecule has 1 amide bonds. The lowest BCUT2D eigenvalue weighted by Gasteiger charge is -2.02. The first-order valence-electron chi connectivity index (χ1n) is 5.69. The first-order valence-corrected chi connectivity index (χ1v) is 5.69. The van der Waals surface area contributed by atoms with Crippen molar-refractivity contribution in [2.75, 3.05) is 11.1 Å². The fraction of sp³-hybridized carbons (Fsp3) is 0. The number of carbonyl (C=O) groups is 1. The van der Waals surface area contributed by atoms with Gasteiger partial charge in [0.2, 0.25) is 6.41 Å².